The Morgan fingerprint density at radius 3 is 2.20 bits per heavy atom. The Kier molecular flexibility index (Phi) is 3.12. The van der Waals surface area contributed by atoms with Crippen molar-refractivity contribution in [2.45, 2.75) is 31.3 Å². The molecule has 0 saturated heterocycles. The fourth-order valence-electron chi connectivity index (χ4n) is 1.07. The quantitative estimate of drug-likeness (QED) is 0.499. The predicted octanol–water partition coefficient (Wildman–Crippen LogP) is -0.518. The van der Waals surface area contributed by atoms with Crippen LogP contribution >= 0.6 is 0 Å². The zero-order chi connectivity index (χ0) is 7.40. The van der Waals surface area contributed by atoms with Crippen molar-refractivity contribution in [3.05, 3.63) is 0 Å². The molecule has 0 unspecified atom stereocenters. The Hall–Kier alpha value is -0.120. The number of rotatable bonds is 4. The molecular formula is C7H15NO2. The van der Waals surface area contributed by atoms with Crippen molar-refractivity contribution in [3.63, 3.8) is 0 Å². The van der Waals surface area contributed by atoms with Crippen molar-refractivity contribution in [1.82, 2.24) is 5.32 Å². The smallest absolute Gasteiger partial charge is 0.0607 e. The highest BCUT2D eigenvalue weighted by atomic mass is 16.3. The highest BCUT2D eigenvalue weighted by molar-refractivity contribution is 4.80. The maximum atomic E-state index is 8.67. The summed E-state index contributed by atoms with van der Waals surface area (Å²) in [6.45, 7) is 0.0694. The zero-order valence-electron chi connectivity index (χ0n) is 6.08. The topological polar surface area (TPSA) is 52.5 Å². The van der Waals surface area contributed by atoms with Gasteiger partial charge in [0.2, 0.25) is 0 Å². The van der Waals surface area contributed by atoms with Crippen LogP contribution in [0.4, 0.5) is 0 Å². The normalized spacial score (nSPS) is 19.5. The van der Waals surface area contributed by atoms with Gasteiger partial charge in [0, 0.05) is 6.04 Å². The van der Waals surface area contributed by atoms with E-state index in [1.54, 1.807) is 0 Å². The Morgan fingerprint density at radius 1 is 1.30 bits per heavy atom. The molecule has 1 fully saturated rings. The molecule has 0 radical (unpaired) electrons. The van der Waals surface area contributed by atoms with Gasteiger partial charge in [0.25, 0.3) is 0 Å². The van der Waals surface area contributed by atoms with Crippen LogP contribution in [0.3, 0.4) is 0 Å². The summed E-state index contributed by atoms with van der Waals surface area (Å²) < 4.78 is 0. The third kappa shape index (κ3) is 1.94. The highest BCUT2D eigenvalue weighted by Crippen LogP contribution is 2.18. The molecule has 1 rings (SSSR count). The number of hydrogen-bond donors (Lipinski definition) is 3. The first-order chi connectivity index (χ1) is 4.86. The summed E-state index contributed by atoms with van der Waals surface area (Å²) in [4.78, 5) is 0. The minimum atomic E-state index is -0.106. The van der Waals surface area contributed by atoms with Crippen LogP contribution in [0.25, 0.3) is 0 Å². The summed E-state index contributed by atoms with van der Waals surface area (Å²) >= 11 is 0. The Balaban J connectivity index is 2.08. The molecule has 1 aliphatic rings. The van der Waals surface area contributed by atoms with Gasteiger partial charge in [-0.05, 0) is 12.8 Å². The molecule has 10 heavy (non-hydrogen) atoms. The zero-order valence-corrected chi connectivity index (χ0v) is 6.08. The predicted molar refractivity (Wildman–Crippen MR) is 38.7 cm³/mol. The van der Waals surface area contributed by atoms with Gasteiger partial charge in [-0.15, -0.1) is 0 Å². The van der Waals surface area contributed by atoms with E-state index >= 15 is 0 Å². The SMILES string of the molecule is OCC(CO)NC1CCC1. The van der Waals surface area contributed by atoms with Gasteiger partial charge in [-0.3, -0.25) is 0 Å². The molecule has 1 aliphatic carbocycles. The van der Waals surface area contributed by atoms with Gasteiger partial charge in [-0.2, -0.15) is 0 Å². The largest absolute Gasteiger partial charge is 0.395 e. The van der Waals surface area contributed by atoms with E-state index in [0.717, 1.165) is 0 Å². The van der Waals surface area contributed by atoms with Gasteiger partial charge in [0.1, 0.15) is 0 Å². The monoisotopic (exact) mass is 145 g/mol. The lowest BCUT2D eigenvalue weighted by molar-refractivity contribution is 0.148. The Labute approximate surface area is 61.1 Å². The molecule has 3 nitrogen and oxygen atoms in total. The summed E-state index contributed by atoms with van der Waals surface area (Å²) in [7, 11) is 0. The van der Waals surface area contributed by atoms with Crippen LogP contribution in [0.5, 0.6) is 0 Å². The van der Waals surface area contributed by atoms with Gasteiger partial charge in [-0.25, -0.2) is 0 Å². The number of aliphatic hydroxyl groups excluding tert-OH is 2. The first-order valence-electron chi connectivity index (χ1n) is 3.84. The lowest BCUT2D eigenvalue weighted by Crippen LogP contribution is -2.45. The molecule has 0 aromatic rings. The first kappa shape index (κ1) is 7.98. The van der Waals surface area contributed by atoms with E-state index < -0.39 is 0 Å². The number of hydrogen-bond acceptors (Lipinski definition) is 3. The fourth-order valence-corrected chi connectivity index (χ4v) is 1.07. The minimum absolute atomic E-state index is 0.0347. The molecule has 3 N–H and O–H groups in total. The van der Waals surface area contributed by atoms with Crippen LogP contribution in [0.1, 0.15) is 19.3 Å². The van der Waals surface area contributed by atoms with Gasteiger partial charge >= 0.3 is 0 Å². The van der Waals surface area contributed by atoms with E-state index in [2.05, 4.69) is 5.32 Å². The van der Waals surface area contributed by atoms with Crippen LogP contribution in [0.15, 0.2) is 0 Å². The van der Waals surface area contributed by atoms with Gasteiger partial charge in [-0.1, -0.05) is 6.42 Å². The van der Waals surface area contributed by atoms with E-state index in [1.165, 1.54) is 19.3 Å². The van der Waals surface area contributed by atoms with E-state index in [4.69, 9.17) is 10.2 Å². The maximum Gasteiger partial charge on any atom is 0.0607 e. The van der Waals surface area contributed by atoms with E-state index in [9.17, 15) is 0 Å². The van der Waals surface area contributed by atoms with E-state index in [-0.39, 0.29) is 19.3 Å². The molecule has 0 spiro atoms. The summed E-state index contributed by atoms with van der Waals surface area (Å²) in [5.41, 5.74) is 0. The first-order valence-corrected chi connectivity index (χ1v) is 3.84. The molecule has 0 aromatic heterocycles. The number of aliphatic hydroxyl groups is 2. The molecule has 3 heteroatoms. The Bertz CT molecular complexity index is 89.6. The summed E-state index contributed by atoms with van der Waals surface area (Å²) in [6, 6.07) is 0.439. The third-order valence-corrected chi connectivity index (χ3v) is 2.02. The fraction of sp³-hybridized carbons (Fsp3) is 1.00. The van der Waals surface area contributed by atoms with E-state index in [1.807, 2.05) is 0 Å². The molecule has 0 aromatic carbocycles. The molecule has 60 valence electrons. The maximum absolute atomic E-state index is 8.67. The molecule has 0 atom stereocenters. The third-order valence-electron chi connectivity index (χ3n) is 2.02. The Morgan fingerprint density at radius 2 is 1.90 bits per heavy atom. The van der Waals surface area contributed by atoms with Crippen molar-refractivity contribution < 1.29 is 10.2 Å². The summed E-state index contributed by atoms with van der Waals surface area (Å²) in [6.07, 6.45) is 3.66. The molecule has 0 aliphatic heterocycles. The van der Waals surface area contributed by atoms with Crippen molar-refractivity contribution in [2.75, 3.05) is 13.2 Å². The standard InChI is InChI=1S/C7H15NO2/c9-4-7(5-10)8-6-2-1-3-6/h6-10H,1-5H2. The van der Waals surface area contributed by atoms with Crippen molar-refractivity contribution in [2.24, 2.45) is 0 Å². The molecule has 0 bridgehead atoms. The van der Waals surface area contributed by atoms with Gasteiger partial charge < -0.3 is 15.5 Å². The highest BCUT2D eigenvalue weighted by Gasteiger charge is 2.19. The van der Waals surface area contributed by atoms with Gasteiger partial charge in [0.15, 0.2) is 0 Å². The van der Waals surface area contributed by atoms with Crippen LogP contribution in [-0.2, 0) is 0 Å². The van der Waals surface area contributed by atoms with Crippen molar-refractivity contribution >= 4 is 0 Å². The lowest BCUT2D eigenvalue weighted by Gasteiger charge is -2.29. The van der Waals surface area contributed by atoms with Crippen LogP contribution in [0, 0.1) is 0 Å². The van der Waals surface area contributed by atoms with Crippen molar-refractivity contribution in [1.29, 1.82) is 0 Å². The summed E-state index contributed by atoms with van der Waals surface area (Å²) in [5.74, 6) is 0. The molecule has 1 saturated carbocycles. The second kappa shape index (κ2) is 3.91. The van der Waals surface area contributed by atoms with Crippen LogP contribution in [0.2, 0.25) is 0 Å². The molecule has 0 amide bonds. The molecular weight excluding hydrogens is 130 g/mol. The average Bonchev–Trinajstić information content (AvgIpc) is 1.87. The minimum Gasteiger partial charge on any atom is -0.395 e. The number of nitrogens with one attached hydrogen (secondary N) is 1. The van der Waals surface area contributed by atoms with E-state index in [0.29, 0.717) is 6.04 Å². The second-order valence-corrected chi connectivity index (χ2v) is 2.86. The second-order valence-electron chi connectivity index (χ2n) is 2.86. The average molecular weight is 145 g/mol. The lowest BCUT2D eigenvalue weighted by atomic mass is 9.92. The van der Waals surface area contributed by atoms with Crippen molar-refractivity contribution in [3.8, 4) is 0 Å². The summed E-state index contributed by atoms with van der Waals surface area (Å²) in [5, 5.41) is 20.5. The van der Waals surface area contributed by atoms with Crippen LogP contribution in [-0.4, -0.2) is 35.5 Å². The molecule has 0 heterocycles. The van der Waals surface area contributed by atoms with Crippen LogP contribution < -0.4 is 5.32 Å². The van der Waals surface area contributed by atoms with Gasteiger partial charge in [0.05, 0.1) is 19.3 Å².